The van der Waals surface area contributed by atoms with Crippen molar-refractivity contribution in [1.29, 1.82) is 0 Å². The Morgan fingerprint density at radius 2 is 1.50 bits per heavy atom. The Balaban J connectivity index is 4.38. The molecular weight excluding hydrogens is 171 g/mol. The third-order valence-electron chi connectivity index (χ3n) is 1.93. The minimum Gasteiger partial charge on any atom is -0.316 e. The van der Waals surface area contributed by atoms with Crippen LogP contribution in [0.3, 0.4) is 0 Å². The van der Waals surface area contributed by atoms with E-state index in [2.05, 4.69) is 0 Å². The van der Waals surface area contributed by atoms with E-state index in [1.165, 1.54) is 0 Å². The molecule has 0 heterocycles. The highest BCUT2D eigenvalue weighted by Gasteiger charge is 2.27. The molecule has 0 atom stereocenters. The summed E-state index contributed by atoms with van der Waals surface area (Å²) in [5.41, 5.74) is -0.00815. The Hall–Kier alpha value is -0.100. The van der Waals surface area contributed by atoms with E-state index in [1.807, 2.05) is 13.8 Å². The molecule has 0 aliphatic heterocycles. The van der Waals surface area contributed by atoms with Gasteiger partial charge in [-0.1, -0.05) is 20.8 Å². The summed E-state index contributed by atoms with van der Waals surface area (Å²) in [5, 5.41) is 0. The lowest BCUT2D eigenvalue weighted by molar-refractivity contribution is -0.111. The molecule has 0 aromatic heterocycles. The standard InChI is InChI=1S/C9H19O2P/c1-4-7-12(11,8-5-2)9(10)6-3/h4-8H2,1-3H3. The molecule has 0 spiro atoms. The number of carbonyl (C=O) groups is 1. The summed E-state index contributed by atoms with van der Waals surface area (Å²) >= 11 is 0. The first kappa shape index (κ1) is 11.9. The van der Waals surface area contributed by atoms with E-state index in [-0.39, 0.29) is 5.52 Å². The molecule has 0 saturated heterocycles. The second-order valence-electron chi connectivity index (χ2n) is 3.08. The molecule has 0 unspecified atom stereocenters. The molecule has 0 bridgehead atoms. The van der Waals surface area contributed by atoms with Crippen LogP contribution in [0.2, 0.25) is 0 Å². The Kier molecular flexibility index (Phi) is 5.48. The Labute approximate surface area is 75.1 Å². The molecule has 0 saturated carbocycles. The van der Waals surface area contributed by atoms with Crippen molar-refractivity contribution in [3.05, 3.63) is 0 Å². The second kappa shape index (κ2) is 5.53. The van der Waals surface area contributed by atoms with Crippen molar-refractivity contribution in [3.63, 3.8) is 0 Å². The fraction of sp³-hybridized carbons (Fsp3) is 0.889. The predicted octanol–water partition coefficient (Wildman–Crippen LogP) is 3.11. The van der Waals surface area contributed by atoms with Gasteiger partial charge in [-0.15, -0.1) is 0 Å². The topological polar surface area (TPSA) is 34.1 Å². The molecule has 12 heavy (non-hydrogen) atoms. The third-order valence-corrected chi connectivity index (χ3v) is 5.49. The molecule has 3 heteroatoms. The highest BCUT2D eigenvalue weighted by Crippen LogP contribution is 2.48. The van der Waals surface area contributed by atoms with Gasteiger partial charge in [-0.05, 0) is 12.8 Å². The molecular formula is C9H19O2P. The first-order valence-corrected chi connectivity index (χ1v) is 6.79. The lowest BCUT2D eigenvalue weighted by Gasteiger charge is -2.13. The zero-order valence-electron chi connectivity index (χ0n) is 8.30. The lowest BCUT2D eigenvalue weighted by atomic mass is 10.5. The van der Waals surface area contributed by atoms with E-state index in [0.717, 1.165) is 12.8 Å². The molecule has 0 radical (unpaired) electrons. The van der Waals surface area contributed by atoms with E-state index in [4.69, 9.17) is 0 Å². The summed E-state index contributed by atoms with van der Waals surface area (Å²) in [5.74, 6) is 0. The van der Waals surface area contributed by atoms with Crippen LogP contribution in [-0.2, 0) is 9.36 Å². The molecule has 0 rings (SSSR count). The molecule has 0 aliphatic rings. The van der Waals surface area contributed by atoms with Crippen molar-refractivity contribution in [3.8, 4) is 0 Å². The largest absolute Gasteiger partial charge is 0.316 e. The van der Waals surface area contributed by atoms with Gasteiger partial charge in [0.2, 0.25) is 0 Å². The fourth-order valence-corrected chi connectivity index (χ4v) is 4.12. The van der Waals surface area contributed by atoms with Gasteiger partial charge in [-0.25, -0.2) is 0 Å². The van der Waals surface area contributed by atoms with Crippen LogP contribution in [-0.4, -0.2) is 17.8 Å². The van der Waals surface area contributed by atoms with Gasteiger partial charge in [-0.2, -0.15) is 0 Å². The summed E-state index contributed by atoms with van der Waals surface area (Å²) in [4.78, 5) is 11.4. The van der Waals surface area contributed by atoms with Crippen LogP contribution >= 0.6 is 7.14 Å². The van der Waals surface area contributed by atoms with E-state index >= 15 is 0 Å². The molecule has 0 N–H and O–H groups in total. The summed E-state index contributed by atoms with van der Waals surface area (Å²) in [6, 6.07) is 0. The molecule has 72 valence electrons. The Morgan fingerprint density at radius 3 is 1.75 bits per heavy atom. The van der Waals surface area contributed by atoms with Crippen molar-refractivity contribution >= 4 is 12.7 Å². The summed E-state index contributed by atoms with van der Waals surface area (Å²) in [6.45, 7) is 5.75. The predicted molar refractivity (Wildman–Crippen MR) is 53.2 cm³/mol. The monoisotopic (exact) mass is 190 g/mol. The van der Waals surface area contributed by atoms with E-state index in [1.54, 1.807) is 6.92 Å². The minimum atomic E-state index is -2.45. The maximum atomic E-state index is 12.0. The van der Waals surface area contributed by atoms with Crippen LogP contribution in [0.4, 0.5) is 0 Å². The van der Waals surface area contributed by atoms with Gasteiger partial charge >= 0.3 is 0 Å². The van der Waals surface area contributed by atoms with Crippen molar-refractivity contribution in [1.82, 2.24) is 0 Å². The molecule has 0 amide bonds. The summed E-state index contributed by atoms with van der Waals surface area (Å²) in [6.07, 6.45) is 3.34. The lowest BCUT2D eigenvalue weighted by Crippen LogP contribution is -2.05. The molecule has 2 nitrogen and oxygen atoms in total. The second-order valence-corrected chi connectivity index (χ2v) is 6.26. The van der Waals surface area contributed by atoms with Crippen LogP contribution in [0.25, 0.3) is 0 Å². The molecule has 0 aromatic rings. The van der Waals surface area contributed by atoms with Crippen molar-refractivity contribution in [2.75, 3.05) is 12.3 Å². The van der Waals surface area contributed by atoms with Crippen molar-refractivity contribution in [2.45, 2.75) is 40.0 Å². The number of hydrogen-bond acceptors (Lipinski definition) is 2. The first-order valence-electron chi connectivity index (χ1n) is 4.72. The zero-order chi connectivity index (χ0) is 9.61. The highest BCUT2D eigenvalue weighted by molar-refractivity contribution is 7.80. The minimum absolute atomic E-state index is 0.00815. The van der Waals surface area contributed by atoms with Crippen LogP contribution in [0.15, 0.2) is 0 Å². The maximum absolute atomic E-state index is 12.0. The van der Waals surface area contributed by atoms with E-state index in [0.29, 0.717) is 18.7 Å². The fourth-order valence-electron chi connectivity index (χ4n) is 1.37. The average Bonchev–Trinajstić information content (AvgIpc) is 2.04. The van der Waals surface area contributed by atoms with Crippen LogP contribution in [0, 0.1) is 0 Å². The number of hydrogen-bond donors (Lipinski definition) is 0. The Morgan fingerprint density at radius 1 is 1.08 bits per heavy atom. The summed E-state index contributed by atoms with van der Waals surface area (Å²) < 4.78 is 12.0. The van der Waals surface area contributed by atoms with Gasteiger partial charge in [-0.3, -0.25) is 4.79 Å². The van der Waals surface area contributed by atoms with Crippen LogP contribution in [0.1, 0.15) is 40.0 Å². The average molecular weight is 190 g/mol. The van der Waals surface area contributed by atoms with Gasteiger partial charge in [0.25, 0.3) is 0 Å². The van der Waals surface area contributed by atoms with E-state index < -0.39 is 7.14 Å². The highest BCUT2D eigenvalue weighted by atomic mass is 31.2. The van der Waals surface area contributed by atoms with Crippen LogP contribution < -0.4 is 0 Å². The molecule has 0 aromatic carbocycles. The Bertz CT molecular complexity index is 177. The molecule has 0 aliphatic carbocycles. The molecule has 0 fully saturated rings. The third kappa shape index (κ3) is 3.10. The van der Waals surface area contributed by atoms with Gasteiger partial charge in [0.1, 0.15) is 7.14 Å². The van der Waals surface area contributed by atoms with Gasteiger partial charge < -0.3 is 4.57 Å². The SMILES string of the molecule is CCCP(=O)(CCC)C(=O)CC. The normalized spacial score (nSPS) is 11.6. The van der Waals surface area contributed by atoms with Crippen LogP contribution in [0.5, 0.6) is 0 Å². The first-order chi connectivity index (χ1) is 5.60. The summed E-state index contributed by atoms with van der Waals surface area (Å²) in [7, 11) is -2.45. The number of carbonyl (C=O) groups excluding carboxylic acids is 1. The van der Waals surface area contributed by atoms with Gasteiger partial charge in [0.05, 0.1) is 0 Å². The van der Waals surface area contributed by atoms with Gasteiger partial charge in [0.15, 0.2) is 5.52 Å². The van der Waals surface area contributed by atoms with Gasteiger partial charge in [0, 0.05) is 18.7 Å². The smallest absolute Gasteiger partial charge is 0.191 e. The van der Waals surface area contributed by atoms with Crippen molar-refractivity contribution in [2.24, 2.45) is 0 Å². The number of rotatable bonds is 6. The quantitative estimate of drug-likeness (QED) is 0.603. The van der Waals surface area contributed by atoms with Crippen molar-refractivity contribution < 1.29 is 9.36 Å². The maximum Gasteiger partial charge on any atom is 0.191 e. The van der Waals surface area contributed by atoms with E-state index in [9.17, 15) is 9.36 Å². The zero-order valence-corrected chi connectivity index (χ0v) is 9.19.